The number of hydrogen-bond donors (Lipinski definition) is 2. The first-order valence-corrected chi connectivity index (χ1v) is 9.80. The molecular formula is C19H22Br2N2O. The summed E-state index contributed by atoms with van der Waals surface area (Å²) >= 11 is 7.20. The van der Waals surface area contributed by atoms with E-state index in [-0.39, 0.29) is 0 Å². The van der Waals surface area contributed by atoms with Gasteiger partial charge >= 0.3 is 0 Å². The first-order chi connectivity index (χ1) is 11.7. The van der Waals surface area contributed by atoms with E-state index in [0.29, 0.717) is 12.1 Å². The maximum Gasteiger partial charge on any atom is 0.123 e. The Labute approximate surface area is 160 Å². The molecule has 1 aliphatic heterocycles. The highest BCUT2D eigenvalue weighted by atomic mass is 79.9. The number of benzene rings is 2. The van der Waals surface area contributed by atoms with Crippen molar-refractivity contribution in [2.75, 3.05) is 13.7 Å². The fourth-order valence-corrected chi connectivity index (χ4v) is 4.63. The second kappa shape index (κ2) is 8.48. The number of rotatable bonds is 5. The molecule has 2 atom stereocenters. The van der Waals surface area contributed by atoms with Crippen LogP contribution in [0.3, 0.4) is 0 Å². The molecule has 2 N–H and O–H groups in total. The van der Waals surface area contributed by atoms with Crippen LogP contribution >= 0.6 is 31.9 Å². The van der Waals surface area contributed by atoms with Crippen LogP contribution in [-0.2, 0) is 6.54 Å². The lowest BCUT2D eigenvalue weighted by molar-refractivity contribution is 0.302. The average molecular weight is 454 g/mol. The predicted octanol–water partition coefficient (Wildman–Crippen LogP) is 4.80. The summed E-state index contributed by atoms with van der Waals surface area (Å²) in [6, 6.07) is 15.4. The van der Waals surface area contributed by atoms with E-state index < -0.39 is 0 Å². The normalized spacial score (nSPS) is 20.8. The molecule has 0 saturated carbocycles. The van der Waals surface area contributed by atoms with Crippen LogP contribution in [-0.4, -0.2) is 19.7 Å². The van der Waals surface area contributed by atoms with Gasteiger partial charge in [-0.15, -0.1) is 0 Å². The summed E-state index contributed by atoms with van der Waals surface area (Å²) in [5, 5.41) is 7.40. The maximum absolute atomic E-state index is 5.46. The zero-order valence-electron chi connectivity index (χ0n) is 13.7. The van der Waals surface area contributed by atoms with Crippen LogP contribution in [0.5, 0.6) is 5.75 Å². The van der Waals surface area contributed by atoms with Gasteiger partial charge in [-0.2, -0.15) is 0 Å². The molecule has 1 fully saturated rings. The Hall–Kier alpha value is -0.880. The summed E-state index contributed by atoms with van der Waals surface area (Å²) in [5.41, 5.74) is 2.49. The van der Waals surface area contributed by atoms with Crippen molar-refractivity contribution in [1.29, 1.82) is 0 Å². The number of methoxy groups -OCH3 is 1. The SMILES string of the molecule is COc1ccccc1CN[C@@H]1CCCN[C@@H]1c1cc(Br)cc(Br)c1. The van der Waals surface area contributed by atoms with Crippen molar-refractivity contribution in [3.05, 3.63) is 62.5 Å². The highest BCUT2D eigenvalue weighted by molar-refractivity contribution is 9.11. The summed E-state index contributed by atoms with van der Waals surface area (Å²) in [6.45, 7) is 1.86. The lowest BCUT2D eigenvalue weighted by Gasteiger charge is -2.34. The monoisotopic (exact) mass is 452 g/mol. The molecule has 128 valence electrons. The topological polar surface area (TPSA) is 33.3 Å². The first kappa shape index (κ1) is 17.9. The second-order valence-corrected chi connectivity index (χ2v) is 7.91. The van der Waals surface area contributed by atoms with Gasteiger partial charge in [0.1, 0.15) is 5.75 Å². The summed E-state index contributed by atoms with van der Waals surface area (Å²) in [4.78, 5) is 0. The quantitative estimate of drug-likeness (QED) is 0.681. The molecule has 2 aromatic carbocycles. The molecule has 0 bridgehead atoms. The molecule has 1 saturated heterocycles. The van der Waals surface area contributed by atoms with Gasteiger partial charge in [0.2, 0.25) is 0 Å². The Morgan fingerprint density at radius 2 is 1.92 bits per heavy atom. The molecule has 3 nitrogen and oxygen atoms in total. The van der Waals surface area contributed by atoms with E-state index in [1.807, 2.05) is 12.1 Å². The lowest BCUT2D eigenvalue weighted by Crippen LogP contribution is -2.45. The highest BCUT2D eigenvalue weighted by Gasteiger charge is 2.26. The van der Waals surface area contributed by atoms with Gasteiger partial charge < -0.3 is 15.4 Å². The van der Waals surface area contributed by atoms with Gasteiger partial charge in [-0.25, -0.2) is 0 Å². The fourth-order valence-electron chi connectivity index (χ4n) is 3.30. The molecule has 0 radical (unpaired) electrons. The van der Waals surface area contributed by atoms with E-state index in [1.165, 1.54) is 17.5 Å². The second-order valence-electron chi connectivity index (χ2n) is 6.08. The predicted molar refractivity (Wildman–Crippen MR) is 105 cm³/mol. The fraction of sp³-hybridized carbons (Fsp3) is 0.368. The number of halogens is 2. The molecule has 0 amide bonds. The van der Waals surface area contributed by atoms with Gasteiger partial charge in [-0.05, 0) is 49.2 Å². The third-order valence-electron chi connectivity index (χ3n) is 4.45. The summed E-state index contributed by atoms with van der Waals surface area (Å²) in [6.07, 6.45) is 2.35. The molecule has 0 unspecified atom stereocenters. The maximum atomic E-state index is 5.46. The third-order valence-corrected chi connectivity index (χ3v) is 5.37. The van der Waals surface area contributed by atoms with Crippen LogP contribution in [0.1, 0.15) is 30.0 Å². The largest absolute Gasteiger partial charge is 0.496 e. The van der Waals surface area contributed by atoms with Crippen molar-refractivity contribution in [2.24, 2.45) is 0 Å². The smallest absolute Gasteiger partial charge is 0.123 e. The van der Waals surface area contributed by atoms with Gasteiger partial charge in [0.15, 0.2) is 0 Å². The van der Waals surface area contributed by atoms with Crippen molar-refractivity contribution < 1.29 is 4.74 Å². The van der Waals surface area contributed by atoms with Crippen LogP contribution in [0, 0.1) is 0 Å². The van der Waals surface area contributed by atoms with Crippen LogP contribution < -0.4 is 15.4 Å². The molecule has 1 aliphatic rings. The molecule has 24 heavy (non-hydrogen) atoms. The third kappa shape index (κ3) is 4.39. The van der Waals surface area contributed by atoms with Crippen molar-refractivity contribution in [1.82, 2.24) is 10.6 Å². The number of para-hydroxylation sites is 1. The molecule has 0 aliphatic carbocycles. The molecular weight excluding hydrogens is 432 g/mol. The molecule has 0 spiro atoms. The van der Waals surface area contributed by atoms with Crippen LogP contribution in [0.2, 0.25) is 0 Å². The van der Waals surface area contributed by atoms with Gasteiger partial charge in [0.05, 0.1) is 7.11 Å². The van der Waals surface area contributed by atoms with Gasteiger partial charge in [-0.3, -0.25) is 0 Å². The Balaban J connectivity index is 1.75. The van der Waals surface area contributed by atoms with E-state index in [2.05, 4.69) is 72.8 Å². The minimum absolute atomic E-state index is 0.308. The van der Waals surface area contributed by atoms with E-state index in [9.17, 15) is 0 Å². The molecule has 1 heterocycles. The van der Waals surface area contributed by atoms with E-state index in [0.717, 1.165) is 34.2 Å². The van der Waals surface area contributed by atoms with E-state index in [1.54, 1.807) is 7.11 Å². The zero-order chi connectivity index (χ0) is 16.9. The van der Waals surface area contributed by atoms with Crippen molar-refractivity contribution in [3.63, 3.8) is 0 Å². The van der Waals surface area contributed by atoms with Crippen molar-refractivity contribution in [2.45, 2.75) is 31.5 Å². The van der Waals surface area contributed by atoms with Crippen LogP contribution in [0.15, 0.2) is 51.4 Å². The summed E-state index contributed by atoms with van der Waals surface area (Å²) in [7, 11) is 1.73. The van der Waals surface area contributed by atoms with E-state index >= 15 is 0 Å². The minimum Gasteiger partial charge on any atom is -0.496 e. The molecule has 3 rings (SSSR count). The Kier molecular flexibility index (Phi) is 6.33. The number of nitrogens with one attached hydrogen (secondary N) is 2. The van der Waals surface area contributed by atoms with E-state index in [4.69, 9.17) is 4.74 Å². The first-order valence-electron chi connectivity index (χ1n) is 8.22. The number of hydrogen-bond acceptors (Lipinski definition) is 3. The highest BCUT2D eigenvalue weighted by Crippen LogP contribution is 2.29. The standard InChI is InChI=1S/C19H22Br2N2O/c1-24-18-7-3-2-5-13(18)12-23-17-6-4-8-22-19(17)14-9-15(20)11-16(21)10-14/h2-3,5,7,9-11,17,19,22-23H,4,6,8,12H2,1H3/t17-,19-/m1/s1. The molecule has 0 aromatic heterocycles. The number of piperidine rings is 1. The minimum atomic E-state index is 0.308. The van der Waals surface area contributed by atoms with Crippen LogP contribution in [0.25, 0.3) is 0 Å². The Morgan fingerprint density at radius 1 is 1.17 bits per heavy atom. The average Bonchev–Trinajstić information content (AvgIpc) is 2.59. The van der Waals surface area contributed by atoms with Crippen molar-refractivity contribution >= 4 is 31.9 Å². The van der Waals surface area contributed by atoms with Crippen LogP contribution in [0.4, 0.5) is 0 Å². The molecule has 2 aromatic rings. The zero-order valence-corrected chi connectivity index (χ0v) is 16.9. The lowest BCUT2D eigenvalue weighted by atomic mass is 9.92. The van der Waals surface area contributed by atoms with Gasteiger partial charge in [-0.1, -0.05) is 50.1 Å². The Bertz CT molecular complexity index is 673. The van der Waals surface area contributed by atoms with Crippen molar-refractivity contribution in [3.8, 4) is 5.75 Å². The summed E-state index contributed by atoms with van der Waals surface area (Å²) < 4.78 is 7.66. The van der Waals surface area contributed by atoms with Gasteiger partial charge in [0.25, 0.3) is 0 Å². The summed E-state index contributed by atoms with van der Waals surface area (Å²) in [5.74, 6) is 0.940. The molecule has 5 heteroatoms. The Morgan fingerprint density at radius 3 is 2.67 bits per heavy atom. The van der Waals surface area contributed by atoms with Gasteiger partial charge in [0, 0.05) is 33.1 Å². The number of ether oxygens (including phenoxy) is 1.